The molecule has 0 aliphatic heterocycles. The van der Waals surface area contributed by atoms with E-state index in [9.17, 15) is 9.59 Å². The van der Waals surface area contributed by atoms with Gasteiger partial charge in [-0.05, 0) is 41.5 Å². The number of ether oxygens (including phenoxy) is 1. The third-order valence-corrected chi connectivity index (χ3v) is 4.91. The lowest BCUT2D eigenvalue weighted by Crippen LogP contribution is -2.41. The fourth-order valence-electron chi connectivity index (χ4n) is 3.21. The van der Waals surface area contributed by atoms with E-state index in [0.29, 0.717) is 17.7 Å². The van der Waals surface area contributed by atoms with E-state index in [1.807, 2.05) is 72.8 Å². The maximum Gasteiger partial charge on any atom is 0.269 e. The van der Waals surface area contributed by atoms with E-state index >= 15 is 0 Å². The summed E-state index contributed by atoms with van der Waals surface area (Å²) in [7, 11) is 0. The van der Waals surface area contributed by atoms with E-state index in [1.165, 1.54) is 0 Å². The quantitative estimate of drug-likeness (QED) is 0.430. The van der Waals surface area contributed by atoms with Crippen LogP contribution in [0.4, 0.5) is 0 Å². The zero-order valence-corrected chi connectivity index (χ0v) is 17.3. The molecule has 0 fully saturated rings. The predicted molar refractivity (Wildman–Crippen MR) is 124 cm³/mol. The number of carbonyl (C=O) groups excluding carboxylic acids is 2. The highest BCUT2D eigenvalue weighted by Gasteiger charge is 2.10. The van der Waals surface area contributed by atoms with Gasteiger partial charge in [0, 0.05) is 16.7 Å². The van der Waals surface area contributed by atoms with Crippen molar-refractivity contribution in [2.24, 2.45) is 0 Å². The Bertz CT molecular complexity index is 1190. The van der Waals surface area contributed by atoms with E-state index in [0.717, 1.165) is 22.4 Å². The van der Waals surface area contributed by atoms with Gasteiger partial charge in [-0.2, -0.15) is 0 Å². The molecule has 0 saturated heterocycles. The molecule has 0 bridgehead atoms. The summed E-state index contributed by atoms with van der Waals surface area (Å²) in [4.78, 5) is 24.4. The molecule has 5 nitrogen and oxygen atoms in total. The molecule has 4 aromatic carbocycles. The molecule has 0 heterocycles. The van der Waals surface area contributed by atoms with Gasteiger partial charge in [-0.1, -0.05) is 78.9 Å². The van der Waals surface area contributed by atoms with Crippen LogP contribution in [0, 0.1) is 0 Å². The number of amides is 2. The highest BCUT2D eigenvalue weighted by atomic mass is 16.5. The van der Waals surface area contributed by atoms with Gasteiger partial charge < -0.3 is 4.74 Å². The molecule has 32 heavy (non-hydrogen) atoms. The van der Waals surface area contributed by atoms with Gasteiger partial charge in [0.05, 0.1) is 0 Å². The normalized spacial score (nSPS) is 10.2. The molecule has 0 atom stereocenters. The van der Waals surface area contributed by atoms with E-state index < -0.39 is 5.91 Å². The van der Waals surface area contributed by atoms with Crippen LogP contribution in [-0.2, 0) is 6.61 Å². The molecule has 0 saturated carbocycles. The summed E-state index contributed by atoms with van der Waals surface area (Å²) in [5.41, 5.74) is 8.80. The van der Waals surface area contributed by atoms with Crippen molar-refractivity contribution in [1.82, 2.24) is 10.9 Å². The summed E-state index contributed by atoms with van der Waals surface area (Å²) >= 11 is 0. The van der Waals surface area contributed by atoms with Crippen molar-refractivity contribution in [2.75, 3.05) is 0 Å². The lowest BCUT2D eigenvalue weighted by atomic mass is 10.0. The molecule has 0 radical (unpaired) electrons. The van der Waals surface area contributed by atoms with Crippen molar-refractivity contribution in [1.29, 1.82) is 0 Å². The summed E-state index contributed by atoms with van der Waals surface area (Å²) < 4.78 is 6.05. The fraction of sp³-hybridized carbons (Fsp3) is 0.0370. The molecular weight excluding hydrogens is 400 g/mol. The Morgan fingerprint density at radius 1 is 0.594 bits per heavy atom. The summed E-state index contributed by atoms with van der Waals surface area (Å²) in [6.45, 7) is 0.372. The Balaban J connectivity index is 1.35. The summed E-state index contributed by atoms with van der Waals surface area (Å²) in [6.07, 6.45) is 0. The average Bonchev–Trinajstić information content (AvgIpc) is 2.87. The largest absolute Gasteiger partial charge is 0.488 e. The van der Waals surface area contributed by atoms with Crippen LogP contribution in [-0.4, -0.2) is 11.8 Å². The van der Waals surface area contributed by atoms with Gasteiger partial charge in [-0.3, -0.25) is 20.4 Å². The van der Waals surface area contributed by atoms with Crippen molar-refractivity contribution in [3.05, 3.63) is 126 Å². The number of rotatable bonds is 6. The minimum absolute atomic E-state index is 0.372. The molecule has 0 aromatic heterocycles. The van der Waals surface area contributed by atoms with Crippen LogP contribution in [0.2, 0.25) is 0 Å². The standard InChI is InChI=1S/C27H22N2O3/c30-26(22-11-5-2-6-12-22)28-29-27(31)23-17-15-20(16-18-23)19-32-25-14-8-7-13-24(25)21-9-3-1-4-10-21/h1-18H,19H2,(H,28,30)(H,29,31). The Kier molecular flexibility index (Phi) is 6.58. The molecule has 4 aromatic rings. The Labute approximate surface area is 186 Å². The number of hydrazine groups is 1. The first-order valence-corrected chi connectivity index (χ1v) is 10.2. The third kappa shape index (κ3) is 5.21. The maximum atomic E-state index is 12.3. The van der Waals surface area contributed by atoms with Gasteiger partial charge in [0.25, 0.3) is 11.8 Å². The maximum absolute atomic E-state index is 12.3. The second-order valence-electron chi connectivity index (χ2n) is 7.12. The van der Waals surface area contributed by atoms with Crippen molar-refractivity contribution >= 4 is 11.8 Å². The van der Waals surface area contributed by atoms with Crippen LogP contribution in [0.1, 0.15) is 26.3 Å². The van der Waals surface area contributed by atoms with Crippen LogP contribution in [0.5, 0.6) is 5.75 Å². The first-order chi connectivity index (χ1) is 15.7. The van der Waals surface area contributed by atoms with Gasteiger partial charge in [-0.15, -0.1) is 0 Å². The van der Waals surface area contributed by atoms with Crippen molar-refractivity contribution < 1.29 is 14.3 Å². The third-order valence-electron chi connectivity index (χ3n) is 4.91. The minimum Gasteiger partial charge on any atom is -0.488 e. The molecule has 2 N–H and O–H groups in total. The molecule has 158 valence electrons. The lowest BCUT2D eigenvalue weighted by molar-refractivity contribution is 0.0846. The van der Waals surface area contributed by atoms with E-state index in [-0.39, 0.29) is 5.91 Å². The number of hydrogen-bond acceptors (Lipinski definition) is 3. The molecule has 2 amide bonds. The SMILES string of the molecule is O=C(NNC(=O)c1ccc(COc2ccccc2-c2ccccc2)cc1)c1ccccc1. The number of benzene rings is 4. The smallest absolute Gasteiger partial charge is 0.269 e. The van der Waals surface area contributed by atoms with E-state index in [2.05, 4.69) is 10.9 Å². The second-order valence-corrected chi connectivity index (χ2v) is 7.12. The van der Waals surface area contributed by atoms with Crippen LogP contribution in [0.25, 0.3) is 11.1 Å². The molecule has 0 aliphatic rings. The number of nitrogens with one attached hydrogen (secondary N) is 2. The first kappa shape index (κ1) is 20.9. The van der Waals surface area contributed by atoms with E-state index in [4.69, 9.17) is 4.74 Å². The summed E-state index contributed by atoms with van der Waals surface area (Å²) in [5.74, 6) is 0.0290. The molecule has 4 rings (SSSR count). The van der Waals surface area contributed by atoms with Gasteiger partial charge in [0.15, 0.2) is 0 Å². The summed E-state index contributed by atoms with van der Waals surface area (Å²) in [5, 5.41) is 0. The van der Waals surface area contributed by atoms with Gasteiger partial charge in [0.1, 0.15) is 12.4 Å². The highest BCUT2D eigenvalue weighted by molar-refractivity contribution is 5.99. The van der Waals surface area contributed by atoms with Gasteiger partial charge in [-0.25, -0.2) is 0 Å². The van der Waals surface area contributed by atoms with Crippen LogP contribution >= 0.6 is 0 Å². The van der Waals surface area contributed by atoms with E-state index in [1.54, 1.807) is 36.4 Å². The monoisotopic (exact) mass is 422 g/mol. The number of para-hydroxylation sites is 1. The van der Waals surface area contributed by atoms with Crippen molar-refractivity contribution in [3.63, 3.8) is 0 Å². The highest BCUT2D eigenvalue weighted by Crippen LogP contribution is 2.30. The summed E-state index contributed by atoms with van der Waals surface area (Å²) in [6, 6.07) is 33.7. The number of carbonyl (C=O) groups is 2. The Hall–Kier alpha value is -4.38. The fourth-order valence-corrected chi connectivity index (χ4v) is 3.21. The first-order valence-electron chi connectivity index (χ1n) is 10.2. The molecule has 0 aliphatic carbocycles. The second kappa shape index (κ2) is 10.1. The topological polar surface area (TPSA) is 67.4 Å². The predicted octanol–water partition coefficient (Wildman–Crippen LogP) is 5.01. The molecule has 0 unspecified atom stereocenters. The molecule has 0 spiro atoms. The zero-order valence-electron chi connectivity index (χ0n) is 17.3. The molecule has 5 heteroatoms. The number of hydrogen-bond donors (Lipinski definition) is 2. The van der Waals surface area contributed by atoms with Crippen LogP contribution < -0.4 is 15.6 Å². The van der Waals surface area contributed by atoms with Gasteiger partial charge >= 0.3 is 0 Å². The Morgan fingerprint density at radius 3 is 1.78 bits per heavy atom. The van der Waals surface area contributed by atoms with Crippen LogP contribution in [0.15, 0.2) is 109 Å². The van der Waals surface area contributed by atoms with Gasteiger partial charge in [0.2, 0.25) is 0 Å². The Morgan fingerprint density at radius 2 is 1.12 bits per heavy atom. The minimum atomic E-state index is -0.392. The molecular formula is C27H22N2O3. The van der Waals surface area contributed by atoms with Crippen molar-refractivity contribution in [3.8, 4) is 16.9 Å². The zero-order chi connectivity index (χ0) is 22.2. The van der Waals surface area contributed by atoms with Crippen LogP contribution in [0.3, 0.4) is 0 Å². The lowest BCUT2D eigenvalue weighted by Gasteiger charge is -2.12. The van der Waals surface area contributed by atoms with Crippen molar-refractivity contribution in [2.45, 2.75) is 6.61 Å². The average molecular weight is 422 g/mol.